The van der Waals surface area contributed by atoms with Crippen molar-refractivity contribution < 1.29 is 4.39 Å². The second-order valence-electron chi connectivity index (χ2n) is 0.900. The van der Waals surface area contributed by atoms with Gasteiger partial charge < -0.3 is 0 Å². The first-order valence-corrected chi connectivity index (χ1v) is 2.67. The van der Waals surface area contributed by atoms with E-state index in [1.807, 2.05) is 0 Å². The topological polar surface area (TPSA) is 0 Å². The van der Waals surface area contributed by atoms with Crippen molar-refractivity contribution in [2.75, 3.05) is 6.67 Å². The molecular weight excluding hydrogens is 161 g/mol. The Hall–Kier alpha value is 0.800. The lowest BCUT2D eigenvalue weighted by atomic mass is 10.5. The molecule has 0 fully saturated rings. The number of hydrogen-bond donors (Lipinski definition) is 0. The molecule has 0 spiro atoms. The Morgan fingerprint density at radius 2 is 1.86 bits per heavy atom. The van der Waals surface area contributed by atoms with Gasteiger partial charge in [-0.3, -0.25) is 4.39 Å². The second-order valence-corrected chi connectivity index (χ2v) is 3.27. The summed E-state index contributed by atoms with van der Waals surface area (Å²) < 4.78 is 9.65. The molecular formula is C3H3Cl3F. The van der Waals surface area contributed by atoms with Crippen molar-refractivity contribution in [1.82, 2.24) is 0 Å². The van der Waals surface area contributed by atoms with Gasteiger partial charge in [0.2, 0.25) is 0 Å². The summed E-state index contributed by atoms with van der Waals surface area (Å²) in [6.07, 6.45) is 0.942. The average molecular weight is 164 g/mol. The SMILES string of the molecule is FC[CH]C(Cl)(Cl)Cl. The fourth-order valence-electron chi connectivity index (χ4n) is 0.0875. The molecule has 0 aliphatic carbocycles. The molecule has 1 radical (unpaired) electrons. The first kappa shape index (κ1) is 7.80. The lowest BCUT2D eigenvalue weighted by Gasteiger charge is -2.03. The number of alkyl halides is 4. The third kappa shape index (κ3) is 6.80. The maximum Gasteiger partial charge on any atom is 0.196 e. The molecule has 0 heterocycles. The molecule has 0 unspecified atom stereocenters. The summed E-state index contributed by atoms with van der Waals surface area (Å²) in [5.74, 6) is 0. The molecule has 0 aromatic heterocycles. The van der Waals surface area contributed by atoms with E-state index in [9.17, 15) is 4.39 Å². The van der Waals surface area contributed by atoms with E-state index in [4.69, 9.17) is 34.8 Å². The minimum atomic E-state index is -1.53. The molecule has 0 saturated heterocycles. The van der Waals surface area contributed by atoms with E-state index in [0.29, 0.717) is 0 Å². The van der Waals surface area contributed by atoms with Crippen molar-refractivity contribution in [3.8, 4) is 0 Å². The van der Waals surface area contributed by atoms with Crippen molar-refractivity contribution in [2.45, 2.75) is 3.79 Å². The van der Waals surface area contributed by atoms with Crippen molar-refractivity contribution in [1.29, 1.82) is 0 Å². The standard InChI is InChI=1S/C3H3Cl3F/c4-3(5,6)1-2-7/h1H,2H2. The van der Waals surface area contributed by atoms with Crippen molar-refractivity contribution in [3.63, 3.8) is 0 Å². The van der Waals surface area contributed by atoms with Crippen LogP contribution in [0.4, 0.5) is 4.39 Å². The summed E-state index contributed by atoms with van der Waals surface area (Å²) in [6, 6.07) is 0. The molecule has 0 atom stereocenters. The molecule has 0 aliphatic rings. The molecule has 0 N–H and O–H groups in total. The van der Waals surface area contributed by atoms with Crippen LogP contribution in [-0.4, -0.2) is 10.5 Å². The Morgan fingerprint density at radius 1 is 1.43 bits per heavy atom. The fraction of sp³-hybridized carbons (Fsp3) is 0.667. The number of rotatable bonds is 1. The van der Waals surface area contributed by atoms with Crippen LogP contribution < -0.4 is 0 Å². The van der Waals surface area contributed by atoms with E-state index in [-0.39, 0.29) is 0 Å². The largest absolute Gasteiger partial charge is 0.251 e. The summed E-state index contributed by atoms with van der Waals surface area (Å²) in [5, 5.41) is 0. The van der Waals surface area contributed by atoms with Crippen LogP contribution in [0.3, 0.4) is 0 Å². The third-order valence-electron chi connectivity index (χ3n) is 0.309. The Balaban J connectivity index is 3.15. The van der Waals surface area contributed by atoms with Gasteiger partial charge in [0.15, 0.2) is 3.79 Å². The third-order valence-corrected chi connectivity index (χ3v) is 0.772. The van der Waals surface area contributed by atoms with Gasteiger partial charge in [-0.15, -0.1) is 0 Å². The summed E-state index contributed by atoms with van der Waals surface area (Å²) in [5.41, 5.74) is 0. The predicted molar refractivity (Wildman–Crippen MR) is 30.6 cm³/mol. The van der Waals surface area contributed by atoms with Gasteiger partial charge >= 0.3 is 0 Å². The second kappa shape index (κ2) is 2.95. The van der Waals surface area contributed by atoms with Gasteiger partial charge in [0.25, 0.3) is 0 Å². The predicted octanol–water partition coefficient (Wildman–Crippen LogP) is 2.53. The summed E-state index contributed by atoms with van der Waals surface area (Å²) in [6.45, 7) is -0.712. The minimum Gasteiger partial charge on any atom is -0.251 e. The van der Waals surface area contributed by atoms with Crippen LogP contribution in [0.1, 0.15) is 0 Å². The van der Waals surface area contributed by atoms with Gasteiger partial charge in [-0.2, -0.15) is 0 Å². The smallest absolute Gasteiger partial charge is 0.196 e. The van der Waals surface area contributed by atoms with Gasteiger partial charge in [0.05, 0.1) is 6.67 Å². The zero-order chi connectivity index (χ0) is 5.91. The van der Waals surface area contributed by atoms with Gasteiger partial charge in [-0.25, -0.2) is 0 Å². The van der Waals surface area contributed by atoms with Gasteiger partial charge in [0.1, 0.15) is 0 Å². The highest BCUT2D eigenvalue weighted by Crippen LogP contribution is 2.28. The highest BCUT2D eigenvalue weighted by molar-refractivity contribution is 6.68. The molecule has 0 aromatic carbocycles. The quantitative estimate of drug-likeness (QED) is 0.523. The summed E-state index contributed by atoms with van der Waals surface area (Å²) in [4.78, 5) is 0. The number of hydrogen-bond acceptors (Lipinski definition) is 0. The maximum atomic E-state index is 11.2. The molecule has 4 heteroatoms. The molecule has 0 rings (SSSR count). The molecule has 0 saturated carbocycles. The molecule has 43 valence electrons. The summed E-state index contributed by atoms with van der Waals surface area (Å²) in [7, 11) is 0. The molecule has 0 nitrogen and oxygen atoms in total. The average Bonchev–Trinajstić information content (AvgIpc) is 1.30. The van der Waals surface area contributed by atoms with Crippen LogP contribution in [0.2, 0.25) is 0 Å². The first-order chi connectivity index (χ1) is 3.06. The molecule has 0 aliphatic heterocycles. The van der Waals surface area contributed by atoms with E-state index < -0.39 is 10.5 Å². The van der Waals surface area contributed by atoms with Crippen LogP contribution in [-0.2, 0) is 0 Å². The normalized spacial score (nSPS) is 12.0. The van der Waals surface area contributed by atoms with Crippen LogP contribution in [0.15, 0.2) is 0 Å². The van der Waals surface area contributed by atoms with Crippen LogP contribution in [0.25, 0.3) is 0 Å². The van der Waals surface area contributed by atoms with E-state index in [1.165, 1.54) is 0 Å². The van der Waals surface area contributed by atoms with E-state index in [0.717, 1.165) is 6.42 Å². The minimum absolute atomic E-state index is 0.712. The van der Waals surface area contributed by atoms with Crippen molar-refractivity contribution in [3.05, 3.63) is 6.42 Å². The van der Waals surface area contributed by atoms with E-state index in [1.54, 1.807) is 0 Å². The molecule has 0 aromatic rings. The van der Waals surface area contributed by atoms with Crippen molar-refractivity contribution >= 4 is 34.8 Å². The van der Waals surface area contributed by atoms with Crippen molar-refractivity contribution in [2.24, 2.45) is 0 Å². The highest BCUT2D eigenvalue weighted by Gasteiger charge is 2.18. The van der Waals surface area contributed by atoms with E-state index >= 15 is 0 Å². The van der Waals surface area contributed by atoms with Gasteiger partial charge in [-0.1, -0.05) is 34.8 Å². The van der Waals surface area contributed by atoms with Gasteiger partial charge in [-0.05, 0) is 0 Å². The molecule has 0 amide bonds. The molecule has 0 bridgehead atoms. The Bertz CT molecular complexity index is 48.6. The van der Waals surface area contributed by atoms with Gasteiger partial charge in [0, 0.05) is 6.42 Å². The Labute approximate surface area is 56.5 Å². The summed E-state index contributed by atoms with van der Waals surface area (Å²) >= 11 is 15.2. The zero-order valence-electron chi connectivity index (χ0n) is 3.30. The van der Waals surface area contributed by atoms with E-state index in [2.05, 4.69) is 0 Å². The molecule has 7 heavy (non-hydrogen) atoms. The Morgan fingerprint density at radius 3 is 1.86 bits per heavy atom. The fourth-order valence-corrected chi connectivity index (χ4v) is 0.262. The van der Waals surface area contributed by atoms with Crippen LogP contribution in [0.5, 0.6) is 0 Å². The maximum absolute atomic E-state index is 11.2. The van der Waals surface area contributed by atoms with Crippen LogP contribution in [0, 0.1) is 6.42 Å². The number of halogens is 4. The lowest BCUT2D eigenvalue weighted by Crippen LogP contribution is -2.02. The Kier molecular flexibility index (Phi) is 3.29. The zero-order valence-corrected chi connectivity index (χ0v) is 5.56. The monoisotopic (exact) mass is 163 g/mol. The lowest BCUT2D eigenvalue weighted by molar-refractivity contribution is 0.534. The first-order valence-electron chi connectivity index (χ1n) is 1.53. The van der Waals surface area contributed by atoms with Crippen LogP contribution >= 0.6 is 34.8 Å². The highest BCUT2D eigenvalue weighted by atomic mass is 35.6.